The fraction of sp³-hybridized carbons (Fsp3) is 0.316. The quantitative estimate of drug-likeness (QED) is 0.804. The molecule has 0 saturated carbocycles. The second-order valence-corrected chi connectivity index (χ2v) is 6.78. The predicted octanol–water partition coefficient (Wildman–Crippen LogP) is 4.47. The zero-order valence-electron chi connectivity index (χ0n) is 13.5. The molecule has 1 radical (unpaired) electrons. The summed E-state index contributed by atoms with van der Waals surface area (Å²) in [7, 11) is 0. The van der Waals surface area contributed by atoms with Gasteiger partial charge in [-0.1, -0.05) is 42.5 Å². The average Bonchev–Trinajstić information content (AvgIpc) is 2.64. The van der Waals surface area contributed by atoms with Gasteiger partial charge in [0.2, 0.25) is 0 Å². The second-order valence-electron chi connectivity index (χ2n) is 6.78. The van der Waals surface area contributed by atoms with Gasteiger partial charge in [0.1, 0.15) is 5.66 Å². The summed E-state index contributed by atoms with van der Waals surface area (Å²) in [5.41, 5.74) is 0.628. The first-order valence-corrected chi connectivity index (χ1v) is 7.55. The monoisotopic (exact) mass is 293 g/mol. The van der Waals surface area contributed by atoms with E-state index < -0.39 is 11.2 Å². The molecule has 0 amide bonds. The third-order valence-electron chi connectivity index (χ3n) is 4.23. The van der Waals surface area contributed by atoms with Gasteiger partial charge in [0.25, 0.3) is 0 Å². The minimum atomic E-state index is -0.702. The minimum absolute atomic E-state index is 0.600. The highest BCUT2D eigenvalue weighted by Gasteiger charge is 2.47. The van der Waals surface area contributed by atoms with Crippen LogP contribution in [0.2, 0.25) is 0 Å². The maximum absolute atomic E-state index is 12.3. The van der Waals surface area contributed by atoms with Gasteiger partial charge in [-0.25, -0.2) is 0 Å². The number of aliphatic imine (C=N–C) groups is 1. The number of hydrogen-bond donors (Lipinski definition) is 0. The number of fused-ring (bicyclic) bond motifs is 1. The largest absolute Gasteiger partial charge is 0.264 e. The van der Waals surface area contributed by atoms with Crippen molar-refractivity contribution in [3.05, 3.63) is 54.1 Å². The fourth-order valence-electron chi connectivity index (χ4n) is 2.99. The van der Waals surface area contributed by atoms with E-state index in [-0.39, 0.29) is 0 Å². The van der Waals surface area contributed by atoms with E-state index in [0.29, 0.717) is 0 Å². The summed E-state index contributed by atoms with van der Waals surface area (Å²) in [6, 6.07) is 14.6. The third-order valence-corrected chi connectivity index (χ3v) is 4.23. The number of nitrogens with zero attached hydrogens (tertiary/aromatic N) is 2. The number of hydroxylamine groups is 2. The van der Waals surface area contributed by atoms with Gasteiger partial charge >= 0.3 is 0 Å². The Morgan fingerprint density at radius 1 is 0.955 bits per heavy atom. The van der Waals surface area contributed by atoms with Crippen molar-refractivity contribution in [3.63, 3.8) is 0 Å². The summed E-state index contributed by atoms with van der Waals surface area (Å²) in [6.45, 7) is 7.52. The summed E-state index contributed by atoms with van der Waals surface area (Å²) in [5.74, 6) is 0. The van der Waals surface area contributed by atoms with E-state index in [1.54, 1.807) is 0 Å². The van der Waals surface area contributed by atoms with Gasteiger partial charge < -0.3 is 0 Å². The van der Waals surface area contributed by atoms with Crippen molar-refractivity contribution in [3.8, 4) is 0 Å². The van der Waals surface area contributed by atoms with E-state index >= 15 is 0 Å². The molecule has 0 fully saturated rings. The molecule has 1 heterocycles. The molecule has 0 aromatic heterocycles. The molecule has 0 bridgehead atoms. The van der Waals surface area contributed by atoms with Crippen LogP contribution in [0.25, 0.3) is 16.8 Å². The van der Waals surface area contributed by atoms with Crippen LogP contribution in [0.5, 0.6) is 0 Å². The van der Waals surface area contributed by atoms with Crippen molar-refractivity contribution in [1.82, 2.24) is 5.06 Å². The number of hydrogen-bond acceptors (Lipinski definition) is 2. The third kappa shape index (κ3) is 2.47. The topological polar surface area (TPSA) is 35.5 Å². The van der Waals surface area contributed by atoms with Crippen LogP contribution in [0.1, 0.15) is 33.3 Å². The fourth-order valence-corrected chi connectivity index (χ4v) is 2.99. The first-order valence-electron chi connectivity index (χ1n) is 7.55. The Bertz CT molecular complexity index is 772. The molecule has 0 N–H and O–H groups in total. The molecule has 3 rings (SSSR count). The van der Waals surface area contributed by atoms with E-state index in [0.717, 1.165) is 16.3 Å². The lowest BCUT2D eigenvalue weighted by Gasteiger charge is -2.30. The highest BCUT2D eigenvalue weighted by molar-refractivity contribution is 6.06. The van der Waals surface area contributed by atoms with Crippen LogP contribution < -0.4 is 0 Å². The van der Waals surface area contributed by atoms with E-state index in [1.807, 2.05) is 52.0 Å². The van der Waals surface area contributed by atoms with Gasteiger partial charge in [-0.05, 0) is 56.2 Å². The van der Waals surface area contributed by atoms with Crippen LogP contribution >= 0.6 is 0 Å². The van der Waals surface area contributed by atoms with Gasteiger partial charge in [0, 0.05) is 0 Å². The van der Waals surface area contributed by atoms with Gasteiger partial charge in [-0.2, -0.15) is 0 Å². The van der Waals surface area contributed by atoms with Gasteiger partial charge in [-0.15, -0.1) is 10.3 Å². The molecule has 2 aromatic carbocycles. The molecule has 1 aliphatic rings. The Balaban J connectivity index is 1.93. The van der Waals surface area contributed by atoms with Crippen molar-refractivity contribution in [1.29, 1.82) is 0 Å². The van der Waals surface area contributed by atoms with E-state index in [9.17, 15) is 5.21 Å². The molecule has 3 nitrogen and oxygen atoms in total. The van der Waals surface area contributed by atoms with Crippen molar-refractivity contribution < 1.29 is 5.21 Å². The molecule has 0 aliphatic carbocycles. The highest BCUT2D eigenvalue weighted by Crippen LogP contribution is 2.34. The number of benzene rings is 2. The zero-order chi connectivity index (χ0) is 16.0. The lowest BCUT2D eigenvalue weighted by Crippen LogP contribution is -2.48. The molecule has 0 saturated heterocycles. The first-order chi connectivity index (χ1) is 10.3. The molecule has 0 unspecified atom stereocenters. The van der Waals surface area contributed by atoms with Gasteiger partial charge in [0.05, 0.1) is 11.3 Å². The van der Waals surface area contributed by atoms with Gasteiger partial charge in [0.15, 0.2) is 0 Å². The minimum Gasteiger partial charge on any atom is -0.264 e. The van der Waals surface area contributed by atoms with Crippen molar-refractivity contribution in [2.24, 2.45) is 4.99 Å². The first kappa shape index (κ1) is 14.9. The predicted molar refractivity (Wildman–Crippen MR) is 91.1 cm³/mol. The van der Waals surface area contributed by atoms with E-state index in [4.69, 9.17) is 0 Å². The van der Waals surface area contributed by atoms with Crippen LogP contribution in [-0.2, 0) is 5.21 Å². The van der Waals surface area contributed by atoms with Crippen LogP contribution in [0, 0.1) is 0 Å². The lowest BCUT2D eigenvalue weighted by atomic mass is 9.97. The van der Waals surface area contributed by atoms with Crippen LogP contribution in [0.4, 0.5) is 0 Å². The standard InChI is InChI=1S/C19H21N2O/c1-18(2)17(20-19(3,4)21(18)22)12-10-14-9-11-15-7-5-6-8-16(15)13-14/h5-13H,1-4H3/b12-10+. The Morgan fingerprint density at radius 3 is 2.27 bits per heavy atom. The summed E-state index contributed by atoms with van der Waals surface area (Å²) in [4.78, 5) is 4.57. The Morgan fingerprint density at radius 2 is 1.64 bits per heavy atom. The molecule has 0 spiro atoms. The van der Waals surface area contributed by atoms with Crippen LogP contribution in [0.3, 0.4) is 0 Å². The van der Waals surface area contributed by atoms with Crippen LogP contribution in [0.15, 0.2) is 53.5 Å². The molecule has 2 aromatic rings. The van der Waals surface area contributed by atoms with Crippen molar-refractivity contribution >= 4 is 22.6 Å². The van der Waals surface area contributed by atoms with E-state index in [1.165, 1.54) is 10.8 Å². The number of rotatable bonds is 2. The lowest BCUT2D eigenvalue weighted by molar-refractivity contribution is -0.240. The molecule has 1 aliphatic heterocycles. The van der Waals surface area contributed by atoms with Gasteiger partial charge in [-0.3, -0.25) is 4.99 Å². The molecular formula is C19H21N2O. The molecular weight excluding hydrogens is 272 g/mol. The SMILES string of the molecule is CC1(C)N=C(/C=C/c2ccc3ccccc3c2)C(C)(C)N1[O]. The molecule has 3 heteroatoms. The normalized spacial score (nSPS) is 20.7. The average molecular weight is 293 g/mol. The highest BCUT2D eigenvalue weighted by atomic mass is 16.5. The Hall–Kier alpha value is -1.97. The summed E-state index contributed by atoms with van der Waals surface area (Å²) in [6.07, 6.45) is 3.99. The Kier molecular flexibility index (Phi) is 3.42. The second kappa shape index (κ2) is 5.04. The summed E-state index contributed by atoms with van der Waals surface area (Å²) in [5, 5.41) is 15.8. The van der Waals surface area contributed by atoms with Crippen molar-refractivity contribution in [2.45, 2.75) is 38.9 Å². The molecule has 22 heavy (non-hydrogen) atoms. The zero-order valence-corrected chi connectivity index (χ0v) is 13.5. The maximum atomic E-state index is 12.3. The maximum Gasteiger partial charge on any atom is 0.134 e. The smallest absolute Gasteiger partial charge is 0.134 e. The molecule has 0 atom stereocenters. The van der Waals surface area contributed by atoms with Crippen molar-refractivity contribution in [2.75, 3.05) is 0 Å². The molecule has 113 valence electrons. The van der Waals surface area contributed by atoms with Crippen LogP contribution in [-0.4, -0.2) is 22.0 Å². The summed E-state index contributed by atoms with van der Waals surface area (Å²) < 4.78 is 0. The Labute approximate surface area is 131 Å². The van der Waals surface area contributed by atoms with E-state index in [2.05, 4.69) is 35.3 Å². The summed E-state index contributed by atoms with van der Waals surface area (Å²) >= 11 is 0.